The van der Waals surface area contributed by atoms with Crippen LogP contribution in [-0.2, 0) is 4.79 Å². The Labute approximate surface area is 156 Å². The maximum absolute atomic E-state index is 12.3. The SMILES string of the molecule is COc1cc(OC)c(OC)cc1/C=C1\N=C(c2ccccc2Cl)NC1=O. The Morgan fingerprint density at radius 3 is 2.31 bits per heavy atom. The molecule has 26 heavy (non-hydrogen) atoms. The summed E-state index contributed by atoms with van der Waals surface area (Å²) < 4.78 is 16.0. The van der Waals surface area contributed by atoms with Crippen LogP contribution >= 0.6 is 11.6 Å². The number of benzene rings is 2. The van der Waals surface area contributed by atoms with Crippen molar-refractivity contribution in [2.45, 2.75) is 0 Å². The predicted molar refractivity (Wildman–Crippen MR) is 100 cm³/mol. The van der Waals surface area contributed by atoms with Crippen molar-refractivity contribution in [1.29, 1.82) is 0 Å². The maximum atomic E-state index is 12.3. The van der Waals surface area contributed by atoms with Gasteiger partial charge in [0.1, 0.15) is 17.3 Å². The number of methoxy groups -OCH3 is 3. The number of nitrogens with one attached hydrogen (secondary N) is 1. The molecule has 2 aromatic carbocycles. The highest BCUT2D eigenvalue weighted by atomic mass is 35.5. The van der Waals surface area contributed by atoms with E-state index < -0.39 is 0 Å². The molecule has 0 fully saturated rings. The van der Waals surface area contributed by atoms with E-state index in [4.69, 9.17) is 25.8 Å². The molecule has 0 radical (unpaired) electrons. The largest absolute Gasteiger partial charge is 0.496 e. The molecular formula is C19H17ClN2O4. The van der Waals surface area contributed by atoms with E-state index in [0.29, 0.717) is 39.2 Å². The molecule has 2 aromatic rings. The zero-order valence-electron chi connectivity index (χ0n) is 14.5. The third-order valence-corrected chi connectivity index (χ3v) is 4.18. The van der Waals surface area contributed by atoms with Crippen molar-refractivity contribution in [2.75, 3.05) is 21.3 Å². The third kappa shape index (κ3) is 3.36. The van der Waals surface area contributed by atoms with E-state index in [1.807, 2.05) is 12.1 Å². The molecule has 1 aliphatic heterocycles. The highest BCUT2D eigenvalue weighted by molar-refractivity contribution is 6.35. The van der Waals surface area contributed by atoms with Gasteiger partial charge in [-0.2, -0.15) is 0 Å². The summed E-state index contributed by atoms with van der Waals surface area (Å²) in [5.41, 5.74) is 1.54. The Kier molecular flexibility index (Phi) is 5.14. The molecular weight excluding hydrogens is 356 g/mol. The second-order valence-electron chi connectivity index (χ2n) is 5.37. The fourth-order valence-electron chi connectivity index (χ4n) is 2.56. The molecule has 1 N–H and O–H groups in total. The van der Waals surface area contributed by atoms with Crippen LogP contribution in [0.4, 0.5) is 0 Å². The molecule has 0 aliphatic carbocycles. The van der Waals surface area contributed by atoms with Gasteiger partial charge in [0.25, 0.3) is 5.91 Å². The molecule has 0 unspecified atom stereocenters. The van der Waals surface area contributed by atoms with E-state index in [-0.39, 0.29) is 11.6 Å². The minimum atomic E-state index is -0.322. The average molecular weight is 373 g/mol. The molecule has 1 amide bonds. The summed E-state index contributed by atoms with van der Waals surface area (Å²) in [4.78, 5) is 16.7. The normalized spacial score (nSPS) is 14.8. The molecule has 0 spiro atoms. The van der Waals surface area contributed by atoms with Gasteiger partial charge in [0.15, 0.2) is 11.5 Å². The summed E-state index contributed by atoms with van der Waals surface area (Å²) in [6.07, 6.45) is 1.62. The van der Waals surface area contributed by atoms with Crippen LogP contribution in [0.1, 0.15) is 11.1 Å². The number of rotatable bonds is 5. The number of carbonyl (C=O) groups excluding carboxylic acids is 1. The lowest BCUT2D eigenvalue weighted by molar-refractivity contribution is -0.115. The Morgan fingerprint density at radius 1 is 1.00 bits per heavy atom. The van der Waals surface area contributed by atoms with Crippen molar-refractivity contribution in [3.05, 3.63) is 58.2 Å². The Hall–Kier alpha value is -2.99. The topological polar surface area (TPSA) is 69.2 Å². The van der Waals surface area contributed by atoms with Crippen molar-refractivity contribution >= 4 is 29.4 Å². The third-order valence-electron chi connectivity index (χ3n) is 3.85. The Morgan fingerprint density at radius 2 is 1.65 bits per heavy atom. The standard InChI is InChI=1S/C19H17ClN2O4/c1-24-15-10-17(26-3)16(25-2)9-11(15)8-14-19(23)22-18(21-14)12-6-4-5-7-13(12)20/h4-10H,1-3H3,(H,21,22,23)/b14-8-. The van der Waals surface area contributed by atoms with Gasteiger partial charge in [-0.3, -0.25) is 4.79 Å². The summed E-state index contributed by atoms with van der Waals surface area (Å²) in [5, 5.41) is 3.24. The smallest absolute Gasteiger partial charge is 0.275 e. The first-order valence-electron chi connectivity index (χ1n) is 7.74. The molecule has 134 valence electrons. The molecule has 0 saturated heterocycles. The van der Waals surface area contributed by atoms with Crippen molar-refractivity contribution in [3.63, 3.8) is 0 Å². The number of aliphatic imine (C=N–C) groups is 1. The second kappa shape index (κ2) is 7.49. The lowest BCUT2D eigenvalue weighted by Gasteiger charge is -2.12. The molecule has 7 heteroatoms. The summed E-state index contributed by atoms with van der Waals surface area (Å²) in [7, 11) is 4.62. The molecule has 6 nitrogen and oxygen atoms in total. The number of hydrogen-bond donors (Lipinski definition) is 1. The fourth-order valence-corrected chi connectivity index (χ4v) is 2.79. The number of amidine groups is 1. The van der Waals surface area contributed by atoms with Gasteiger partial charge >= 0.3 is 0 Å². The Bertz CT molecular complexity index is 922. The Balaban J connectivity index is 2.04. The summed E-state index contributed by atoms with van der Waals surface area (Å²) in [6, 6.07) is 10.6. The van der Waals surface area contributed by atoms with E-state index >= 15 is 0 Å². The number of hydrogen-bond acceptors (Lipinski definition) is 5. The van der Waals surface area contributed by atoms with Gasteiger partial charge < -0.3 is 19.5 Å². The van der Waals surface area contributed by atoms with Gasteiger partial charge in [-0.05, 0) is 24.3 Å². The molecule has 0 atom stereocenters. The van der Waals surface area contributed by atoms with Gasteiger partial charge in [-0.1, -0.05) is 23.7 Å². The minimum Gasteiger partial charge on any atom is -0.496 e. The van der Waals surface area contributed by atoms with E-state index in [1.165, 1.54) is 14.2 Å². The summed E-state index contributed by atoms with van der Waals surface area (Å²) in [6.45, 7) is 0. The van der Waals surface area contributed by atoms with Crippen molar-refractivity contribution < 1.29 is 19.0 Å². The van der Waals surface area contributed by atoms with Crippen LogP contribution in [-0.4, -0.2) is 33.1 Å². The number of ether oxygens (including phenoxy) is 3. The lowest BCUT2D eigenvalue weighted by atomic mass is 10.1. The first-order chi connectivity index (χ1) is 12.6. The minimum absolute atomic E-state index is 0.241. The summed E-state index contributed by atoms with van der Waals surface area (Å²) in [5.74, 6) is 1.67. The molecule has 1 heterocycles. The monoisotopic (exact) mass is 372 g/mol. The van der Waals surface area contributed by atoms with Crippen molar-refractivity contribution in [1.82, 2.24) is 5.32 Å². The van der Waals surface area contributed by atoms with E-state index in [9.17, 15) is 4.79 Å². The van der Waals surface area contributed by atoms with Gasteiger partial charge in [0, 0.05) is 17.2 Å². The van der Waals surface area contributed by atoms with Gasteiger partial charge in [0.05, 0.1) is 26.4 Å². The van der Waals surface area contributed by atoms with Crippen LogP contribution < -0.4 is 19.5 Å². The number of nitrogens with zero attached hydrogens (tertiary/aromatic N) is 1. The van der Waals surface area contributed by atoms with Crippen LogP contribution in [0, 0.1) is 0 Å². The van der Waals surface area contributed by atoms with Crippen LogP contribution in [0.5, 0.6) is 17.2 Å². The van der Waals surface area contributed by atoms with Crippen LogP contribution in [0.3, 0.4) is 0 Å². The quantitative estimate of drug-likeness (QED) is 0.818. The molecule has 3 rings (SSSR count). The van der Waals surface area contributed by atoms with E-state index in [0.717, 1.165) is 0 Å². The molecule has 0 bridgehead atoms. The van der Waals surface area contributed by atoms with Gasteiger partial charge in [-0.15, -0.1) is 0 Å². The van der Waals surface area contributed by atoms with Gasteiger partial charge in [-0.25, -0.2) is 4.99 Å². The highest BCUT2D eigenvalue weighted by Crippen LogP contribution is 2.36. The first-order valence-corrected chi connectivity index (χ1v) is 8.11. The zero-order valence-corrected chi connectivity index (χ0v) is 15.3. The number of amides is 1. The van der Waals surface area contributed by atoms with Crippen molar-refractivity contribution in [2.24, 2.45) is 4.99 Å². The predicted octanol–water partition coefficient (Wildman–Crippen LogP) is 3.28. The van der Waals surface area contributed by atoms with Crippen LogP contribution in [0.25, 0.3) is 6.08 Å². The fraction of sp³-hybridized carbons (Fsp3) is 0.158. The van der Waals surface area contributed by atoms with E-state index in [1.54, 1.807) is 37.5 Å². The highest BCUT2D eigenvalue weighted by Gasteiger charge is 2.23. The lowest BCUT2D eigenvalue weighted by Crippen LogP contribution is -2.24. The maximum Gasteiger partial charge on any atom is 0.275 e. The van der Waals surface area contributed by atoms with Gasteiger partial charge in [0.2, 0.25) is 0 Å². The molecule has 1 aliphatic rings. The van der Waals surface area contributed by atoms with Crippen molar-refractivity contribution in [3.8, 4) is 17.2 Å². The first kappa shape index (κ1) is 17.8. The number of carbonyl (C=O) groups is 1. The number of halogens is 1. The average Bonchev–Trinajstić information content (AvgIpc) is 3.01. The summed E-state index contributed by atoms with van der Waals surface area (Å²) >= 11 is 6.18. The van der Waals surface area contributed by atoms with Crippen LogP contribution in [0.2, 0.25) is 5.02 Å². The molecule has 0 saturated carbocycles. The zero-order chi connectivity index (χ0) is 18.7. The van der Waals surface area contributed by atoms with Crippen LogP contribution in [0.15, 0.2) is 47.1 Å². The second-order valence-corrected chi connectivity index (χ2v) is 5.78. The molecule has 0 aromatic heterocycles. The van der Waals surface area contributed by atoms with E-state index in [2.05, 4.69) is 10.3 Å².